The minimum atomic E-state index is -0.749. The van der Waals surface area contributed by atoms with Gasteiger partial charge in [0.15, 0.2) is 0 Å². The summed E-state index contributed by atoms with van der Waals surface area (Å²) in [6.07, 6.45) is 0.804. The number of Topliss-reactive ketones (excluding diaryl/α,β-unsaturated/α-hetero) is 2. The maximum atomic E-state index is 11.9. The Balaban J connectivity index is 0.000000383. The molecular weight excluding hydrogens is 668 g/mol. The Hall–Kier alpha value is -4.71. The molecule has 2 aliphatic rings. The van der Waals surface area contributed by atoms with Crippen molar-refractivity contribution in [1.82, 2.24) is 10.1 Å². The van der Waals surface area contributed by atoms with Gasteiger partial charge < -0.3 is 9.57 Å². The van der Waals surface area contributed by atoms with Crippen molar-refractivity contribution < 1.29 is 48.0 Å². The lowest BCUT2D eigenvalue weighted by Gasteiger charge is -2.24. The molecule has 0 bridgehead atoms. The molecule has 2 aliphatic heterocycles. The van der Waals surface area contributed by atoms with E-state index in [9.17, 15) is 33.6 Å². The molecular formula is C40H56N2O10. The Morgan fingerprint density at radius 1 is 0.635 bits per heavy atom. The minimum absolute atomic E-state index is 0.0739. The van der Waals surface area contributed by atoms with Gasteiger partial charge in [-0.25, -0.2) is 4.79 Å². The molecule has 0 aliphatic carbocycles. The van der Waals surface area contributed by atoms with E-state index in [1.54, 1.807) is 64.1 Å². The third-order valence-corrected chi connectivity index (χ3v) is 7.03. The van der Waals surface area contributed by atoms with Gasteiger partial charge in [0.25, 0.3) is 23.6 Å². The highest BCUT2D eigenvalue weighted by Crippen LogP contribution is 2.25. The SMILES string of the molecule is CC(=O)C(C)(C)C.CC(C)(C)ON1C(=O)c2ccccc2C1=O.CC(C)(C)Oc1ccc(C(=O)ON2C(=O)CCC2=O)cc1.CCC(=O)C(C)(C)C. The molecule has 12 nitrogen and oxygen atoms in total. The van der Waals surface area contributed by atoms with Gasteiger partial charge in [0.2, 0.25) is 0 Å². The third-order valence-electron chi connectivity index (χ3n) is 7.03. The van der Waals surface area contributed by atoms with Gasteiger partial charge in [-0.2, -0.15) is 0 Å². The van der Waals surface area contributed by atoms with Crippen LogP contribution in [0, 0.1) is 10.8 Å². The third kappa shape index (κ3) is 14.9. The van der Waals surface area contributed by atoms with Gasteiger partial charge in [0.1, 0.15) is 22.9 Å². The van der Waals surface area contributed by atoms with Gasteiger partial charge in [-0.15, -0.1) is 10.1 Å². The monoisotopic (exact) mass is 724 g/mol. The van der Waals surface area contributed by atoms with Gasteiger partial charge >= 0.3 is 5.97 Å². The van der Waals surface area contributed by atoms with Crippen LogP contribution in [-0.2, 0) is 28.9 Å². The fourth-order valence-corrected chi connectivity index (χ4v) is 3.86. The van der Waals surface area contributed by atoms with E-state index in [2.05, 4.69) is 0 Å². The lowest BCUT2D eigenvalue weighted by atomic mass is 9.90. The number of imide groups is 2. The smallest absolute Gasteiger partial charge is 0.363 e. The molecule has 4 rings (SSSR count). The zero-order valence-electron chi connectivity index (χ0n) is 33.2. The van der Waals surface area contributed by atoms with E-state index in [4.69, 9.17) is 14.4 Å². The molecule has 2 heterocycles. The summed E-state index contributed by atoms with van der Waals surface area (Å²) in [5, 5.41) is 1.37. The van der Waals surface area contributed by atoms with Crippen molar-refractivity contribution in [2.75, 3.05) is 0 Å². The number of hydroxylamine groups is 4. The summed E-state index contributed by atoms with van der Waals surface area (Å²) in [5.74, 6) is -1.34. The van der Waals surface area contributed by atoms with Crippen LogP contribution in [0.3, 0.4) is 0 Å². The summed E-state index contributed by atoms with van der Waals surface area (Å²) in [6.45, 7) is 26.2. The summed E-state index contributed by atoms with van der Waals surface area (Å²) in [6, 6.07) is 13.0. The van der Waals surface area contributed by atoms with Crippen molar-refractivity contribution in [3.05, 3.63) is 65.2 Å². The molecule has 0 atom stereocenters. The van der Waals surface area contributed by atoms with Crippen molar-refractivity contribution in [3.8, 4) is 5.75 Å². The number of nitrogens with zero attached hydrogens (tertiary/aromatic N) is 2. The molecule has 2 aromatic carbocycles. The molecule has 1 fully saturated rings. The van der Waals surface area contributed by atoms with Crippen LogP contribution in [0.15, 0.2) is 48.5 Å². The molecule has 0 saturated carbocycles. The average molecular weight is 725 g/mol. The van der Waals surface area contributed by atoms with Crippen LogP contribution in [0.1, 0.15) is 147 Å². The van der Waals surface area contributed by atoms with E-state index in [1.807, 2.05) is 69.2 Å². The summed E-state index contributed by atoms with van der Waals surface area (Å²) in [7, 11) is 0. The van der Waals surface area contributed by atoms with Crippen molar-refractivity contribution in [3.63, 3.8) is 0 Å². The molecule has 12 heteroatoms. The second-order valence-electron chi connectivity index (χ2n) is 16.2. The number of hydrogen-bond donors (Lipinski definition) is 0. The van der Waals surface area contributed by atoms with E-state index in [-0.39, 0.29) is 40.6 Å². The Labute approximate surface area is 308 Å². The first-order valence-corrected chi connectivity index (χ1v) is 17.2. The van der Waals surface area contributed by atoms with Crippen LogP contribution < -0.4 is 4.74 Å². The number of ketones is 2. The molecule has 1 saturated heterocycles. The van der Waals surface area contributed by atoms with E-state index in [0.29, 0.717) is 34.1 Å². The zero-order valence-corrected chi connectivity index (χ0v) is 33.2. The summed E-state index contributed by atoms with van der Waals surface area (Å²) >= 11 is 0. The average Bonchev–Trinajstić information content (AvgIpc) is 3.45. The number of ether oxygens (including phenoxy) is 1. The van der Waals surface area contributed by atoms with Crippen LogP contribution in [-0.4, -0.2) is 62.5 Å². The number of hydrogen-bond acceptors (Lipinski definition) is 10. The van der Waals surface area contributed by atoms with Crippen molar-refractivity contribution in [1.29, 1.82) is 0 Å². The van der Waals surface area contributed by atoms with Crippen molar-refractivity contribution in [2.45, 2.75) is 127 Å². The normalized spacial score (nSPS) is 14.3. The summed E-state index contributed by atoms with van der Waals surface area (Å²) in [5.41, 5.74) is -0.143. The van der Waals surface area contributed by atoms with E-state index >= 15 is 0 Å². The fraction of sp³-hybridized carbons (Fsp3) is 0.525. The van der Waals surface area contributed by atoms with E-state index in [1.165, 1.54) is 12.1 Å². The molecule has 4 amide bonds. The minimum Gasteiger partial charge on any atom is -0.488 e. The maximum absolute atomic E-state index is 11.9. The number of benzene rings is 2. The Bertz CT molecular complexity index is 1560. The molecule has 0 radical (unpaired) electrons. The first kappa shape index (κ1) is 45.3. The van der Waals surface area contributed by atoms with Gasteiger partial charge in [-0.1, -0.05) is 60.6 Å². The molecule has 0 aromatic heterocycles. The number of carbonyl (C=O) groups is 7. The number of fused-ring (bicyclic) bond motifs is 1. The molecule has 0 spiro atoms. The predicted octanol–water partition coefficient (Wildman–Crippen LogP) is 7.73. The largest absolute Gasteiger partial charge is 0.488 e. The highest BCUT2D eigenvalue weighted by Gasteiger charge is 2.38. The Morgan fingerprint density at radius 2 is 1.06 bits per heavy atom. The van der Waals surface area contributed by atoms with Crippen LogP contribution >= 0.6 is 0 Å². The fourth-order valence-electron chi connectivity index (χ4n) is 3.86. The summed E-state index contributed by atoms with van der Waals surface area (Å²) < 4.78 is 5.63. The number of carbonyl (C=O) groups excluding carboxylic acids is 7. The Morgan fingerprint density at radius 3 is 1.37 bits per heavy atom. The quantitative estimate of drug-likeness (QED) is 0.280. The maximum Gasteiger partial charge on any atom is 0.363 e. The zero-order chi connectivity index (χ0) is 40.4. The molecule has 2 aromatic rings. The highest BCUT2D eigenvalue weighted by molar-refractivity contribution is 6.20. The highest BCUT2D eigenvalue weighted by atomic mass is 16.7. The first-order chi connectivity index (χ1) is 23.6. The van der Waals surface area contributed by atoms with E-state index < -0.39 is 35.2 Å². The topological polar surface area (TPSA) is 154 Å². The molecule has 0 unspecified atom stereocenters. The molecule has 286 valence electrons. The van der Waals surface area contributed by atoms with Crippen LogP contribution in [0.5, 0.6) is 5.75 Å². The van der Waals surface area contributed by atoms with Gasteiger partial charge in [-0.05, 0) is 84.9 Å². The number of amides is 4. The van der Waals surface area contributed by atoms with Crippen LogP contribution in [0.4, 0.5) is 0 Å². The first-order valence-electron chi connectivity index (χ1n) is 17.2. The predicted molar refractivity (Wildman–Crippen MR) is 196 cm³/mol. The molecule has 0 N–H and O–H groups in total. The summed E-state index contributed by atoms with van der Waals surface area (Å²) in [4.78, 5) is 89.8. The van der Waals surface area contributed by atoms with E-state index in [0.717, 1.165) is 5.06 Å². The lowest BCUT2D eigenvalue weighted by molar-refractivity contribution is -0.172. The van der Waals surface area contributed by atoms with Crippen LogP contribution in [0.2, 0.25) is 0 Å². The van der Waals surface area contributed by atoms with Gasteiger partial charge in [0, 0.05) is 30.1 Å². The van der Waals surface area contributed by atoms with Crippen molar-refractivity contribution >= 4 is 41.2 Å². The second-order valence-corrected chi connectivity index (χ2v) is 16.2. The van der Waals surface area contributed by atoms with Gasteiger partial charge in [0.05, 0.1) is 22.3 Å². The lowest BCUT2D eigenvalue weighted by Crippen LogP contribution is -2.37. The van der Waals surface area contributed by atoms with Gasteiger partial charge in [-0.3, -0.25) is 33.6 Å². The Kier molecular flexibility index (Phi) is 15.8. The number of rotatable bonds is 5. The standard InChI is InChI=1S/C15H17NO5.C12H13NO3.C7H14O.C6H12O/c1-15(2,3)20-11-6-4-10(5-7-11)14(19)21-16-12(17)8-9-13(16)18;1-12(2,3)16-13-10(14)8-6-4-5-7-9(8)11(13)15;1-5-6(8)7(2,3)4;1-5(7)6(2,3)4/h4-7H,8-9H2,1-3H3;4-7H,1-3H3;5H2,1-4H3;1-4H3. The second kappa shape index (κ2) is 18.2. The van der Waals surface area contributed by atoms with Crippen molar-refractivity contribution in [2.24, 2.45) is 10.8 Å². The molecule has 52 heavy (non-hydrogen) atoms. The van der Waals surface area contributed by atoms with Crippen LogP contribution in [0.25, 0.3) is 0 Å².